The van der Waals surface area contributed by atoms with Crippen LogP contribution in [0.15, 0.2) is 70.6 Å². The van der Waals surface area contributed by atoms with Crippen LogP contribution in [0.1, 0.15) is 30.9 Å². The molecule has 5 aromatic rings. The summed E-state index contributed by atoms with van der Waals surface area (Å²) in [5, 5.41) is 8.37. The van der Waals surface area contributed by atoms with Gasteiger partial charge in [-0.05, 0) is 0 Å². The van der Waals surface area contributed by atoms with Gasteiger partial charge in [-0.15, -0.1) is 0 Å². The van der Waals surface area contributed by atoms with Gasteiger partial charge in [0.05, 0.1) is 0 Å². The van der Waals surface area contributed by atoms with Crippen molar-refractivity contribution in [2.75, 3.05) is 0 Å². The number of aryl methyl sites for hydroxylation is 2. The standard InChI is InChI=1S/C31H32GeNS/c1-18(2)27-23-11-9-8-10-22(23)19(3)28-30-29-24(14-15-33(30)7)25-17-21(32(4,5)6)13-12-20(25)16-26(29)34-31(27)28/h8-18H,1-7H3/q+1. The summed E-state index contributed by atoms with van der Waals surface area (Å²) in [4.78, 5) is 2.84. The zero-order valence-electron chi connectivity index (χ0n) is 21.2. The topological polar surface area (TPSA) is 3.88 Å². The fourth-order valence-corrected chi connectivity index (χ4v) is 9.74. The van der Waals surface area contributed by atoms with E-state index < -0.39 is 13.3 Å². The molecule has 34 heavy (non-hydrogen) atoms. The Kier molecular flexibility index (Phi) is 4.96. The van der Waals surface area contributed by atoms with Gasteiger partial charge in [0.25, 0.3) is 0 Å². The SMILES string of the molecule is Cc1c2c(c(C(C)C)c3ccccc13)Sc1cc3cc[c]([Ge]([CH3])([CH3])[CH3])cc3c3cc[n+](C)c-2c13. The molecule has 0 amide bonds. The Hall–Kier alpha value is -2.30. The monoisotopic (exact) mass is 524 g/mol. The summed E-state index contributed by atoms with van der Waals surface area (Å²) in [6.45, 7) is 7.00. The van der Waals surface area contributed by atoms with Crippen molar-refractivity contribution in [1.82, 2.24) is 0 Å². The Labute approximate surface area is 209 Å². The Morgan fingerprint density at radius 1 is 0.853 bits per heavy atom. The fraction of sp³-hybridized carbons (Fsp3) is 0.258. The van der Waals surface area contributed by atoms with Crippen molar-refractivity contribution < 1.29 is 4.57 Å². The second-order valence-corrected chi connectivity index (χ2v) is 22.9. The molecule has 1 aliphatic heterocycles. The van der Waals surface area contributed by atoms with Crippen LogP contribution in [-0.2, 0) is 7.05 Å². The molecule has 1 nitrogen and oxygen atoms in total. The van der Waals surface area contributed by atoms with Crippen molar-refractivity contribution in [2.45, 2.75) is 53.7 Å². The van der Waals surface area contributed by atoms with Crippen LogP contribution in [-0.4, -0.2) is 13.3 Å². The van der Waals surface area contributed by atoms with Crippen LogP contribution in [0.25, 0.3) is 43.6 Å². The molecule has 0 bridgehead atoms. The number of hydrogen-bond donors (Lipinski definition) is 0. The van der Waals surface area contributed by atoms with Gasteiger partial charge in [-0.2, -0.15) is 0 Å². The van der Waals surface area contributed by atoms with E-state index in [1.54, 1.807) is 4.40 Å². The Bertz CT molecular complexity index is 1660. The van der Waals surface area contributed by atoms with Crippen molar-refractivity contribution >= 4 is 61.7 Å². The summed E-state index contributed by atoms with van der Waals surface area (Å²) in [5.41, 5.74) is 5.68. The van der Waals surface area contributed by atoms with Crippen LogP contribution < -0.4 is 8.96 Å². The minimum atomic E-state index is -1.93. The molecule has 0 saturated heterocycles. The Balaban J connectivity index is 1.81. The number of hydrogen-bond acceptors (Lipinski definition) is 1. The van der Waals surface area contributed by atoms with Crippen molar-refractivity contribution in [1.29, 1.82) is 0 Å². The quantitative estimate of drug-likeness (QED) is 0.126. The molecule has 0 unspecified atom stereocenters. The zero-order valence-corrected chi connectivity index (χ0v) is 24.1. The first-order valence-electron chi connectivity index (χ1n) is 12.3. The number of fused-ring (bicyclic) bond motifs is 5. The predicted octanol–water partition coefficient (Wildman–Crippen LogP) is 8.08. The van der Waals surface area contributed by atoms with Gasteiger partial charge in [0.2, 0.25) is 0 Å². The van der Waals surface area contributed by atoms with Crippen LogP contribution >= 0.6 is 11.8 Å². The Morgan fingerprint density at radius 2 is 1.59 bits per heavy atom. The van der Waals surface area contributed by atoms with Crippen LogP contribution in [0.3, 0.4) is 0 Å². The van der Waals surface area contributed by atoms with E-state index in [-0.39, 0.29) is 0 Å². The van der Waals surface area contributed by atoms with E-state index in [0.717, 1.165) is 0 Å². The van der Waals surface area contributed by atoms with Crippen molar-refractivity contribution in [2.24, 2.45) is 7.05 Å². The number of rotatable bonds is 2. The third-order valence-electron chi connectivity index (χ3n) is 7.56. The summed E-state index contributed by atoms with van der Waals surface area (Å²) < 4.78 is 3.93. The molecular weight excluding hydrogens is 491 g/mol. The molecule has 3 heteroatoms. The van der Waals surface area contributed by atoms with Crippen LogP contribution in [0, 0.1) is 6.92 Å². The van der Waals surface area contributed by atoms with E-state index in [1.807, 2.05) is 11.8 Å². The number of aromatic nitrogens is 1. The average molecular weight is 523 g/mol. The van der Waals surface area contributed by atoms with Gasteiger partial charge in [0.15, 0.2) is 0 Å². The molecule has 1 aromatic heterocycles. The molecule has 0 N–H and O–H groups in total. The fourth-order valence-electron chi connectivity index (χ4n) is 5.78. The van der Waals surface area contributed by atoms with Gasteiger partial charge in [0, 0.05) is 0 Å². The predicted molar refractivity (Wildman–Crippen MR) is 152 cm³/mol. The second-order valence-electron chi connectivity index (χ2n) is 11.2. The van der Waals surface area contributed by atoms with Crippen LogP contribution in [0.5, 0.6) is 0 Å². The molecule has 0 aliphatic carbocycles. The molecule has 2 heterocycles. The van der Waals surface area contributed by atoms with E-state index in [9.17, 15) is 0 Å². The van der Waals surface area contributed by atoms with E-state index >= 15 is 0 Å². The molecule has 0 saturated carbocycles. The van der Waals surface area contributed by atoms with Crippen molar-refractivity contribution in [3.05, 3.63) is 71.9 Å². The maximum atomic E-state index is 2.51. The van der Waals surface area contributed by atoms with E-state index in [2.05, 4.69) is 110 Å². The first kappa shape index (κ1) is 22.2. The third-order valence-corrected chi connectivity index (χ3v) is 13.0. The van der Waals surface area contributed by atoms with Gasteiger partial charge in [-0.1, -0.05) is 0 Å². The van der Waals surface area contributed by atoms with Crippen LogP contribution in [0.2, 0.25) is 17.3 Å². The number of pyridine rings is 1. The van der Waals surface area contributed by atoms with Gasteiger partial charge >= 0.3 is 210 Å². The summed E-state index contributed by atoms with van der Waals surface area (Å²) >= 11 is 0.0590. The summed E-state index contributed by atoms with van der Waals surface area (Å²) in [6.07, 6.45) is 2.27. The Morgan fingerprint density at radius 3 is 2.29 bits per heavy atom. The first-order chi connectivity index (χ1) is 16.2. The molecular formula is C31H32GeNS+. The van der Waals surface area contributed by atoms with E-state index in [4.69, 9.17) is 0 Å². The third kappa shape index (κ3) is 3.11. The second kappa shape index (κ2) is 7.60. The normalized spacial score (nSPS) is 13.3. The van der Waals surface area contributed by atoms with Gasteiger partial charge < -0.3 is 0 Å². The zero-order chi connectivity index (χ0) is 23.9. The molecule has 0 spiro atoms. The van der Waals surface area contributed by atoms with Gasteiger partial charge in [-0.3, -0.25) is 0 Å². The summed E-state index contributed by atoms with van der Waals surface area (Å²) in [5.74, 6) is 7.92. The maximum absolute atomic E-state index is 2.51. The molecule has 6 rings (SSSR count). The summed E-state index contributed by atoms with van der Waals surface area (Å²) in [7, 11) is 2.22. The van der Waals surface area contributed by atoms with Crippen molar-refractivity contribution in [3.8, 4) is 11.3 Å². The molecule has 0 fully saturated rings. The molecule has 170 valence electrons. The summed E-state index contributed by atoms with van der Waals surface area (Å²) in [6, 6.07) is 21.0. The first-order valence-corrected chi connectivity index (χ1v) is 20.5. The van der Waals surface area contributed by atoms with E-state index in [0.29, 0.717) is 5.92 Å². The number of nitrogens with zero attached hydrogens (tertiary/aromatic N) is 1. The average Bonchev–Trinajstić information content (AvgIpc) is 2.79. The number of benzene rings is 4. The van der Waals surface area contributed by atoms with E-state index in [1.165, 1.54) is 64.5 Å². The van der Waals surface area contributed by atoms with Crippen LogP contribution in [0.4, 0.5) is 0 Å². The molecule has 0 radical (unpaired) electrons. The van der Waals surface area contributed by atoms with Crippen molar-refractivity contribution in [3.63, 3.8) is 0 Å². The molecule has 1 aliphatic rings. The molecule has 4 aromatic carbocycles. The van der Waals surface area contributed by atoms with Gasteiger partial charge in [-0.25, -0.2) is 0 Å². The molecule has 0 atom stereocenters. The minimum absolute atomic E-state index is 0.458. The van der Waals surface area contributed by atoms with Gasteiger partial charge in [0.1, 0.15) is 0 Å².